The summed E-state index contributed by atoms with van der Waals surface area (Å²) in [5, 5.41) is 4.82. The fraction of sp³-hybridized carbons (Fsp3) is 0.500. The third-order valence-corrected chi connectivity index (χ3v) is 8.00. The molecular weight excluding hydrogens is 404 g/mol. The topological polar surface area (TPSA) is 69.6 Å². The number of hydrogen-bond acceptors (Lipinski definition) is 4. The minimum absolute atomic E-state index is 0.0484. The summed E-state index contributed by atoms with van der Waals surface area (Å²) in [6.45, 7) is 16.2. The minimum atomic E-state index is -4.25. The van der Waals surface area contributed by atoms with Crippen molar-refractivity contribution in [3.63, 3.8) is 0 Å². The zero-order valence-corrected chi connectivity index (χ0v) is 20.7. The molecule has 0 saturated heterocycles. The lowest BCUT2D eigenvalue weighted by atomic mass is 10.1. The Balaban J connectivity index is 2.18. The molecule has 2 aromatic carbocycles. The Morgan fingerprint density at radius 2 is 1.43 bits per heavy atom. The molecule has 0 bridgehead atoms. The van der Waals surface area contributed by atoms with E-state index in [1.165, 1.54) is 18.4 Å². The van der Waals surface area contributed by atoms with Gasteiger partial charge in [-0.05, 0) is 24.5 Å². The second kappa shape index (κ2) is 8.66. The van der Waals surface area contributed by atoms with Gasteiger partial charge < -0.3 is 10.2 Å². The van der Waals surface area contributed by atoms with E-state index in [9.17, 15) is 13.0 Å². The number of rotatable bonds is 9. The van der Waals surface area contributed by atoms with Crippen LogP contribution in [0.3, 0.4) is 0 Å². The zero-order chi connectivity index (χ0) is 21.2. The normalized spacial score (nSPS) is 13.3. The largest absolute Gasteiger partial charge is 0.383 e. The summed E-state index contributed by atoms with van der Waals surface area (Å²) in [6, 6.07) is 10.5. The van der Waals surface area contributed by atoms with Crippen LogP contribution in [0.1, 0.15) is 0 Å². The lowest BCUT2D eigenvalue weighted by molar-refractivity contribution is 0.371. The fourth-order valence-electron chi connectivity index (χ4n) is 3.56. The average molecular weight is 439 g/mol. The molecule has 0 heterocycles. The maximum Gasteiger partial charge on any atom is 0.295 e. The van der Waals surface area contributed by atoms with E-state index in [4.69, 9.17) is 0 Å². The first kappa shape index (κ1) is 23.1. The van der Waals surface area contributed by atoms with Crippen LogP contribution in [-0.4, -0.2) is 59.4 Å². The van der Waals surface area contributed by atoms with Crippen molar-refractivity contribution in [1.82, 2.24) is 4.90 Å². The van der Waals surface area contributed by atoms with E-state index in [2.05, 4.69) is 49.5 Å². The van der Waals surface area contributed by atoms with E-state index in [0.29, 0.717) is 5.39 Å². The highest BCUT2D eigenvalue weighted by atomic mass is 32.2. The van der Waals surface area contributed by atoms with Crippen molar-refractivity contribution in [2.75, 3.05) is 30.7 Å². The zero-order valence-electron chi connectivity index (χ0n) is 17.9. The highest BCUT2D eigenvalue weighted by molar-refractivity contribution is 7.86. The molecule has 5 nitrogen and oxygen atoms in total. The van der Waals surface area contributed by atoms with Crippen molar-refractivity contribution in [1.29, 1.82) is 0 Å². The molecule has 0 radical (unpaired) electrons. The van der Waals surface area contributed by atoms with E-state index in [-0.39, 0.29) is 4.90 Å². The highest BCUT2D eigenvalue weighted by Crippen LogP contribution is 2.28. The highest BCUT2D eigenvalue weighted by Gasteiger charge is 2.23. The van der Waals surface area contributed by atoms with Gasteiger partial charge in [-0.1, -0.05) is 63.5 Å². The Hall–Kier alpha value is -1.20. The molecule has 0 aliphatic rings. The van der Waals surface area contributed by atoms with Gasteiger partial charge in [0.2, 0.25) is 0 Å². The summed E-state index contributed by atoms with van der Waals surface area (Å²) < 4.78 is 32.8. The number of fused-ring (bicyclic) bond motifs is 1. The molecule has 156 valence electrons. The van der Waals surface area contributed by atoms with Gasteiger partial charge in [-0.3, -0.25) is 4.55 Å². The Bertz CT molecular complexity index is 903. The summed E-state index contributed by atoms with van der Waals surface area (Å²) in [6.07, 6.45) is 2.36. The van der Waals surface area contributed by atoms with E-state index in [0.717, 1.165) is 24.2 Å². The van der Waals surface area contributed by atoms with Crippen molar-refractivity contribution in [2.45, 2.75) is 44.2 Å². The minimum Gasteiger partial charge on any atom is -0.383 e. The quantitative estimate of drug-likeness (QED) is 0.444. The van der Waals surface area contributed by atoms with Crippen LogP contribution in [0.5, 0.6) is 0 Å². The standard InChI is InChI=1S/C20H34N2O3SSi2/c1-27(2,3)15-22(16-28(4,5)6)14-13-21-19-11-7-10-18-17(19)9-8-12-20(18)26(23,24)25/h7-12,21H,13-16H2,1-6H3,(H,23,24,25). The van der Waals surface area contributed by atoms with Crippen LogP contribution >= 0.6 is 0 Å². The van der Waals surface area contributed by atoms with Gasteiger partial charge in [0.05, 0.1) is 16.1 Å². The maximum absolute atomic E-state index is 11.7. The van der Waals surface area contributed by atoms with Gasteiger partial charge in [0.15, 0.2) is 0 Å². The van der Waals surface area contributed by atoms with Gasteiger partial charge >= 0.3 is 0 Å². The van der Waals surface area contributed by atoms with Gasteiger partial charge in [-0.2, -0.15) is 8.42 Å². The summed E-state index contributed by atoms with van der Waals surface area (Å²) >= 11 is 0. The SMILES string of the molecule is C[Si](C)(C)CN(CCNc1cccc2c(S(=O)(=O)O)cccc12)C[Si](C)(C)C. The number of benzene rings is 2. The molecule has 8 heteroatoms. The van der Waals surface area contributed by atoms with Crippen LogP contribution in [0.25, 0.3) is 10.8 Å². The second-order valence-electron chi connectivity index (χ2n) is 9.89. The predicted molar refractivity (Wildman–Crippen MR) is 125 cm³/mol. The number of hydrogen-bond donors (Lipinski definition) is 2. The monoisotopic (exact) mass is 438 g/mol. The summed E-state index contributed by atoms with van der Waals surface area (Å²) in [5.74, 6) is 0. The number of anilines is 1. The Morgan fingerprint density at radius 3 is 1.96 bits per heavy atom. The lowest BCUT2D eigenvalue weighted by Gasteiger charge is -2.33. The van der Waals surface area contributed by atoms with Gasteiger partial charge in [0, 0.05) is 29.5 Å². The second-order valence-corrected chi connectivity index (χ2v) is 22.2. The number of nitrogens with zero attached hydrogens (tertiary/aromatic N) is 1. The van der Waals surface area contributed by atoms with Crippen LogP contribution in [0.15, 0.2) is 41.3 Å². The van der Waals surface area contributed by atoms with Crippen molar-refractivity contribution >= 4 is 42.7 Å². The summed E-state index contributed by atoms with van der Waals surface area (Å²) in [7, 11) is -6.64. The van der Waals surface area contributed by atoms with Crippen molar-refractivity contribution in [3.8, 4) is 0 Å². The average Bonchev–Trinajstić information content (AvgIpc) is 2.50. The van der Waals surface area contributed by atoms with Gasteiger partial charge in [0.1, 0.15) is 4.90 Å². The van der Waals surface area contributed by atoms with Crippen LogP contribution in [-0.2, 0) is 10.1 Å². The van der Waals surface area contributed by atoms with Crippen molar-refractivity contribution < 1.29 is 13.0 Å². The first-order valence-corrected chi connectivity index (χ1v) is 18.6. The number of nitrogens with one attached hydrogen (secondary N) is 1. The van der Waals surface area contributed by atoms with Crippen LogP contribution in [0.2, 0.25) is 39.3 Å². The summed E-state index contributed by atoms with van der Waals surface area (Å²) in [4.78, 5) is 2.55. The van der Waals surface area contributed by atoms with Crippen LogP contribution < -0.4 is 5.32 Å². The Labute approximate surface area is 171 Å². The molecular formula is C20H34N2O3SSi2. The maximum atomic E-state index is 11.7. The molecule has 2 N–H and O–H groups in total. The molecule has 0 unspecified atom stereocenters. The molecule has 28 heavy (non-hydrogen) atoms. The van der Waals surface area contributed by atoms with E-state index in [1.54, 1.807) is 12.1 Å². The Kier molecular flexibility index (Phi) is 7.14. The smallest absolute Gasteiger partial charge is 0.295 e. The molecule has 0 spiro atoms. The van der Waals surface area contributed by atoms with Crippen LogP contribution in [0, 0.1) is 0 Å². The van der Waals surface area contributed by atoms with Gasteiger partial charge in [-0.25, -0.2) is 0 Å². The van der Waals surface area contributed by atoms with Gasteiger partial charge in [0.25, 0.3) is 10.1 Å². The molecule has 0 fully saturated rings. The Morgan fingerprint density at radius 1 is 0.893 bits per heavy atom. The van der Waals surface area contributed by atoms with E-state index in [1.807, 2.05) is 18.2 Å². The molecule has 0 atom stereocenters. The predicted octanol–water partition coefficient (Wildman–Crippen LogP) is 4.56. The molecule has 0 aliphatic carbocycles. The van der Waals surface area contributed by atoms with E-state index < -0.39 is 26.3 Å². The molecule has 0 aliphatic heterocycles. The lowest BCUT2D eigenvalue weighted by Crippen LogP contribution is -2.48. The van der Waals surface area contributed by atoms with Crippen molar-refractivity contribution in [3.05, 3.63) is 36.4 Å². The molecule has 2 rings (SSSR count). The molecule has 0 saturated carbocycles. The fourth-order valence-corrected chi connectivity index (χ4v) is 7.72. The third-order valence-electron chi connectivity index (χ3n) is 4.30. The molecule has 2 aromatic rings. The van der Waals surface area contributed by atoms with Gasteiger partial charge in [-0.15, -0.1) is 0 Å². The first-order chi connectivity index (χ1) is 12.8. The van der Waals surface area contributed by atoms with Crippen LogP contribution in [0.4, 0.5) is 5.69 Å². The first-order valence-electron chi connectivity index (χ1n) is 9.72. The molecule has 0 amide bonds. The summed E-state index contributed by atoms with van der Waals surface area (Å²) in [5.41, 5.74) is 0.893. The van der Waals surface area contributed by atoms with Crippen molar-refractivity contribution in [2.24, 2.45) is 0 Å². The third kappa shape index (κ3) is 7.00. The molecule has 0 aromatic heterocycles. The van der Waals surface area contributed by atoms with E-state index >= 15 is 0 Å².